The smallest absolute Gasteiger partial charge is 0.0611 e. The second-order valence-electron chi connectivity index (χ2n) is 3.56. The lowest BCUT2D eigenvalue weighted by Crippen LogP contribution is -2.29. The minimum absolute atomic E-state index is 0.608. The van der Waals surface area contributed by atoms with Crippen molar-refractivity contribution in [3.05, 3.63) is 28.8 Å². The van der Waals surface area contributed by atoms with E-state index in [9.17, 15) is 0 Å². The molecule has 1 aliphatic rings. The normalized spacial score (nSPS) is 16.4. The van der Waals surface area contributed by atoms with E-state index >= 15 is 0 Å². The maximum absolute atomic E-state index is 6.17. The predicted molar refractivity (Wildman–Crippen MR) is 64.7 cm³/mol. The summed E-state index contributed by atoms with van der Waals surface area (Å²) in [5.74, 6) is 0. The van der Waals surface area contributed by atoms with E-state index < -0.39 is 0 Å². The Bertz CT molecular complexity index is 341. The SMILES string of the molecule is CNCc1ccc(SC2COC2)cc1Cl. The zero-order valence-electron chi connectivity index (χ0n) is 8.63. The van der Waals surface area contributed by atoms with Crippen molar-refractivity contribution in [3.63, 3.8) is 0 Å². The zero-order valence-corrected chi connectivity index (χ0v) is 10.2. The van der Waals surface area contributed by atoms with Gasteiger partial charge in [-0.1, -0.05) is 17.7 Å². The highest BCUT2D eigenvalue weighted by Crippen LogP contribution is 2.30. The summed E-state index contributed by atoms with van der Waals surface area (Å²) in [6, 6.07) is 6.25. The summed E-state index contributed by atoms with van der Waals surface area (Å²) in [6.45, 7) is 2.54. The van der Waals surface area contributed by atoms with Gasteiger partial charge >= 0.3 is 0 Å². The molecule has 0 aliphatic carbocycles. The molecule has 15 heavy (non-hydrogen) atoms. The average Bonchev–Trinajstić information content (AvgIpc) is 2.16. The predicted octanol–water partition coefficient (Wildman–Crippen LogP) is 2.55. The zero-order chi connectivity index (χ0) is 10.7. The fraction of sp³-hybridized carbons (Fsp3) is 0.455. The Morgan fingerprint density at radius 3 is 2.87 bits per heavy atom. The van der Waals surface area contributed by atoms with E-state index in [-0.39, 0.29) is 0 Å². The molecule has 1 aromatic carbocycles. The van der Waals surface area contributed by atoms with Gasteiger partial charge in [-0.2, -0.15) is 0 Å². The van der Waals surface area contributed by atoms with Crippen LogP contribution in [-0.2, 0) is 11.3 Å². The summed E-state index contributed by atoms with van der Waals surface area (Å²) in [7, 11) is 1.92. The van der Waals surface area contributed by atoms with E-state index in [1.807, 2.05) is 24.9 Å². The Morgan fingerprint density at radius 2 is 2.33 bits per heavy atom. The van der Waals surface area contributed by atoms with Gasteiger partial charge in [0.25, 0.3) is 0 Å². The monoisotopic (exact) mass is 243 g/mol. The topological polar surface area (TPSA) is 21.3 Å². The number of thioether (sulfide) groups is 1. The molecule has 4 heteroatoms. The summed E-state index contributed by atoms with van der Waals surface area (Å²) >= 11 is 8.01. The Morgan fingerprint density at radius 1 is 1.53 bits per heavy atom. The molecular weight excluding hydrogens is 230 g/mol. The Balaban J connectivity index is 2.03. The first-order valence-electron chi connectivity index (χ1n) is 4.97. The number of halogens is 1. The third-order valence-electron chi connectivity index (χ3n) is 2.30. The molecule has 1 fully saturated rings. The first kappa shape index (κ1) is 11.3. The van der Waals surface area contributed by atoms with Gasteiger partial charge in [0.15, 0.2) is 0 Å². The lowest BCUT2D eigenvalue weighted by Gasteiger charge is -2.25. The van der Waals surface area contributed by atoms with Gasteiger partial charge < -0.3 is 10.1 Å². The van der Waals surface area contributed by atoms with Crippen molar-refractivity contribution in [3.8, 4) is 0 Å². The Labute approximate surface area is 99.3 Å². The molecule has 1 heterocycles. The van der Waals surface area contributed by atoms with Gasteiger partial charge in [-0.15, -0.1) is 11.8 Å². The summed E-state index contributed by atoms with van der Waals surface area (Å²) in [5.41, 5.74) is 1.15. The van der Waals surface area contributed by atoms with E-state index in [0.717, 1.165) is 30.3 Å². The van der Waals surface area contributed by atoms with Crippen LogP contribution in [0.15, 0.2) is 23.1 Å². The highest BCUT2D eigenvalue weighted by Gasteiger charge is 2.19. The van der Waals surface area contributed by atoms with Crippen LogP contribution in [0.1, 0.15) is 5.56 Å². The molecule has 0 saturated carbocycles. The lowest BCUT2D eigenvalue weighted by molar-refractivity contribution is 0.0455. The summed E-state index contributed by atoms with van der Waals surface area (Å²) < 4.78 is 5.14. The van der Waals surface area contributed by atoms with Crippen LogP contribution in [0.25, 0.3) is 0 Å². The fourth-order valence-electron chi connectivity index (χ4n) is 1.41. The van der Waals surface area contributed by atoms with Crippen LogP contribution in [0.3, 0.4) is 0 Å². The van der Waals surface area contributed by atoms with Gasteiger partial charge in [0.05, 0.1) is 18.5 Å². The third kappa shape index (κ3) is 2.88. The van der Waals surface area contributed by atoms with Gasteiger partial charge in [0.2, 0.25) is 0 Å². The van der Waals surface area contributed by atoms with Crippen LogP contribution in [0, 0.1) is 0 Å². The highest BCUT2D eigenvalue weighted by atomic mass is 35.5. The number of rotatable bonds is 4. The number of ether oxygens (including phenoxy) is 1. The minimum Gasteiger partial charge on any atom is -0.379 e. The lowest BCUT2D eigenvalue weighted by atomic mass is 10.2. The van der Waals surface area contributed by atoms with Crippen molar-refractivity contribution in [2.45, 2.75) is 16.7 Å². The molecule has 2 nitrogen and oxygen atoms in total. The maximum atomic E-state index is 6.17. The van der Waals surface area contributed by atoms with Crippen LogP contribution in [0.5, 0.6) is 0 Å². The van der Waals surface area contributed by atoms with Crippen LogP contribution < -0.4 is 5.32 Å². The van der Waals surface area contributed by atoms with E-state index in [4.69, 9.17) is 16.3 Å². The second-order valence-corrected chi connectivity index (χ2v) is 5.34. The summed E-state index contributed by atoms with van der Waals surface area (Å²) in [5, 5.41) is 4.55. The minimum atomic E-state index is 0.608. The average molecular weight is 244 g/mol. The molecule has 1 aliphatic heterocycles. The van der Waals surface area contributed by atoms with Crippen molar-refractivity contribution in [1.82, 2.24) is 5.32 Å². The van der Waals surface area contributed by atoms with Crippen molar-refractivity contribution in [1.29, 1.82) is 0 Å². The molecule has 0 amide bonds. The van der Waals surface area contributed by atoms with Gasteiger partial charge in [0.1, 0.15) is 0 Å². The standard InChI is InChI=1S/C11H14ClNOS/c1-13-5-8-2-3-9(4-11(8)12)15-10-6-14-7-10/h2-4,10,13H,5-7H2,1H3. The Kier molecular flexibility index (Phi) is 3.92. The molecule has 2 rings (SSSR count). The van der Waals surface area contributed by atoms with E-state index in [2.05, 4.69) is 17.4 Å². The largest absolute Gasteiger partial charge is 0.379 e. The summed E-state index contributed by atoms with van der Waals surface area (Å²) in [4.78, 5) is 1.23. The summed E-state index contributed by atoms with van der Waals surface area (Å²) in [6.07, 6.45) is 0. The fourth-order valence-corrected chi connectivity index (χ4v) is 2.77. The van der Waals surface area contributed by atoms with Gasteiger partial charge in [0, 0.05) is 16.5 Å². The van der Waals surface area contributed by atoms with E-state index in [1.54, 1.807) is 0 Å². The first-order chi connectivity index (χ1) is 7.29. The number of nitrogens with one attached hydrogen (secondary N) is 1. The molecule has 82 valence electrons. The van der Waals surface area contributed by atoms with Crippen molar-refractivity contribution in [2.24, 2.45) is 0 Å². The molecule has 1 N–H and O–H groups in total. The Hall–Kier alpha value is -0.220. The van der Waals surface area contributed by atoms with Gasteiger partial charge in [-0.3, -0.25) is 0 Å². The van der Waals surface area contributed by atoms with Crippen molar-refractivity contribution >= 4 is 23.4 Å². The molecule has 1 aromatic rings. The van der Waals surface area contributed by atoms with Gasteiger partial charge in [-0.25, -0.2) is 0 Å². The van der Waals surface area contributed by atoms with Crippen LogP contribution in [0.4, 0.5) is 0 Å². The highest BCUT2D eigenvalue weighted by molar-refractivity contribution is 8.00. The number of hydrogen-bond acceptors (Lipinski definition) is 3. The van der Waals surface area contributed by atoms with Crippen LogP contribution >= 0.6 is 23.4 Å². The maximum Gasteiger partial charge on any atom is 0.0611 e. The molecule has 0 unspecified atom stereocenters. The van der Waals surface area contributed by atoms with Crippen molar-refractivity contribution in [2.75, 3.05) is 20.3 Å². The quantitative estimate of drug-likeness (QED) is 0.878. The van der Waals surface area contributed by atoms with Gasteiger partial charge in [-0.05, 0) is 24.7 Å². The number of hydrogen-bond donors (Lipinski definition) is 1. The van der Waals surface area contributed by atoms with Crippen LogP contribution in [0.2, 0.25) is 5.02 Å². The number of benzene rings is 1. The third-order valence-corrected chi connectivity index (χ3v) is 3.79. The molecular formula is C11H14ClNOS. The molecule has 0 atom stereocenters. The molecule has 0 spiro atoms. The van der Waals surface area contributed by atoms with E-state index in [1.165, 1.54) is 4.90 Å². The molecule has 1 saturated heterocycles. The molecule has 0 aromatic heterocycles. The van der Waals surface area contributed by atoms with E-state index in [0.29, 0.717) is 5.25 Å². The molecule has 0 radical (unpaired) electrons. The van der Waals surface area contributed by atoms with Crippen LogP contribution in [-0.4, -0.2) is 25.5 Å². The second kappa shape index (κ2) is 5.21. The van der Waals surface area contributed by atoms with Crippen molar-refractivity contribution < 1.29 is 4.74 Å². The first-order valence-corrected chi connectivity index (χ1v) is 6.23. The molecule has 0 bridgehead atoms.